The van der Waals surface area contributed by atoms with Crippen LogP contribution in [0.25, 0.3) is 0 Å². The van der Waals surface area contributed by atoms with E-state index in [0.29, 0.717) is 0 Å². The largest absolute Gasteiger partial charge is 0.474 e. The van der Waals surface area contributed by atoms with Crippen molar-refractivity contribution in [2.75, 3.05) is 0 Å². The van der Waals surface area contributed by atoms with E-state index in [2.05, 4.69) is 0 Å². The van der Waals surface area contributed by atoms with Gasteiger partial charge in [0.15, 0.2) is 6.10 Å². The molecule has 0 fully saturated rings. The quantitative estimate of drug-likeness (QED) is 0.798. The number of halogens is 2. The molecule has 1 atom stereocenters. The molecule has 7 heteroatoms. The predicted molar refractivity (Wildman–Crippen MR) is 60.2 cm³/mol. The van der Waals surface area contributed by atoms with Crippen LogP contribution in [0.5, 0.6) is 5.75 Å². The maximum absolute atomic E-state index is 11.2. The number of ether oxygens (including phenoxy) is 1. The molecule has 0 saturated heterocycles. The van der Waals surface area contributed by atoms with Gasteiger partial charge < -0.3 is 4.74 Å². The fourth-order valence-corrected chi connectivity index (χ4v) is 2.21. The molecule has 0 aliphatic rings. The average molecular weight is 280 g/mol. The summed E-state index contributed by atoms with van der Waals surface area (Å²) in [7, 11) is 1.26. The van der Waals surface area contributed by atoms with Crippen LogP contribution in [-0.2, 0) is 9.05 Å². The van der Waals surface area contributed by atoms with Crippen molar-refractivity contribution in [2.45, 2.75) is 17.9 Å². The Kier molecular flexibility index (Phi) is 4.03. The number of hydrogen-bond acceptors (Lipinski definition) is 4. The van der Waals surface area contributed by atoms with E-state index in [1.807, 2.05) is 6.07 Å². The number of hydrogen-bond donors (Lipinski definition) is 0. The minimum atomic E-state index is -3.96. The molecule has 0 radical (unpaired) electrons. The van der Waals surface area contributed by atoms with Gasteiger partial charge in [-0.3, -0.25) is 0 Å². The van der Waals surface area contributed by atoms with Gasteiger partial charge in [-0.1, -0.05) is 11.6 Å². The topological polar surface area (TPSA) is 67.2 Å². The average Bonchev–Trinajstić information content (AvgIpc) is 2.19. The van der Waals surface area contributed by atoms with Gasteiger partial charge in [-0.25, -0.2) is 8.42 Å². The zero-order valence-corrected chi connectivity index (χ0v) is 10.5. The first kappa shape index (κ1) is 13.1. The monoisotopic (exact) mass is 279 g/mol. The minimum Gasteiger partial charge on any atom is -0.474 e. The van der Waals surface area contributed by atoms with Crippen molar-refractivity contribution < 1.29 is 13.2 Å². The Bertz CT molecular complexity index is 536. The highest BCUT2D eigenvalue weighted by atomic mass is 35.7. The van der Waals surface area contributed by atoms with Gasteiger partial charge in [0, 0.05) is 15.7 Å². The molecule has 0 aliphatic heterocycles. The number of rotatable bonds is 3. The lowest BCUT2D eigenvalue weighted by atomic mass is 10.3. The summed E-state index contributed by atoms with van der Waals surface area (Å²) in [4.78, 5) is -0.247. The Hall–Kier alpha value is -0.960. The third-order valence-corrected chi connectivity index (χ3v) is 3.23. The zero-order valence-electron chi connectivity index (χ0n) is 8.15. The van der Waals surface area contributed by atoms with E-state index < -0.39 is 15.2 Å². The van der Waals surface area contributed by atoms with Crippen LogP contribution in [-0.4, -0.2) is 14.5 Å². The van der Waals surface area contributed by atoms with Crippen molar-refractivity contribution in [3.05, 3.63) is 23.2 Å². The molecular formula is C9H7Cl2NO3S. The van der Waals surface area contributed by atoms with Gasteiger partial charge in [0.25, 0.3) is 9.05 Å². The van der Waals surface area contributed by atoms with Gasteiger partial charge in [0.05, 0.1) is 0 Å². The maximum atomic E-state index is 11.2. The molecule has 0 bridgehead atoms. The molecular weight excluding hydrogens is 273 g/mol. The molecule has 1 rings (SSSR count). The molecule has 0 spiro atoms. The van der Waals surface area contributed by atoms with Crippen LogP contribution >= 0.6 is 22.3 Å². The number of nitriles is 1. The lowest BCUT2D eigenvalue weighted by molar-refractivity contribution is 0.269. The third kappa shape index (κ3) is 3.27. The van der Waals surface area contributed by atoms with Gasteiger partial charge >= 0.3 is 0 Å². The first-order chi connectivity index (χ1) is 7.34. The molecule has 1 aromatic carbocycles. The first-order valence-corrected chi connectivity index (χ1v) is 6.84. The summed E-state index contributed by atoms with van der Waals surface area (Å²) in [6.45, 7) is 1.49. The van der Waals surface area contributed by atoms with Crippen LogP contribution in [0.4, 0.5) is 0 Å². The van der Waals surface area contributed by atoms with E-state index in [0.717, 1.165) is 0 Å². The molecule has 0 heterocycles. The van der Waals surface area contributed by atoms with Gasteiger partial charge in [0.2, 0.25) is 0 Å². The van der Waals surface area contributed by atoms with Crippen molar-refractivity contribution in [3.63, 3.8) is 0 Å². The predicted octanol–water partition coefficient (Wildman–Crippen LogP) is 2.56. The third-order valence-electron chi connectivity index (χ3n) is 1.65. The highest BCUT2D eigenvalue weighted by molar-refractivity contribution is 8.13. The Morgan fingerprint density at radius 3 is 2.62 bits per heavy atom. The van der Waals surface area contributed by atoms with Crippen molar-refractivity contribution in [3.8, 4) is 11.8 Å². The summed E-state index contributed by atoms with van der Waals surface area (Å²) >= 11 is 5.65. The van der Waals surface area contributed by atoms with Crippen LogP contribution in [0.15, 0.2) is 23.1 Å². The van der Waals surface area contributed by atoms with Crippen molar-refractivity contribution in [2.24, 2.45) is 0 Å². The second-order valence-corrected chi connectivity index (χ2v) is 5.89. The summed E-state index contributed by atoms with van der Waals surface area (Å²) in [6, 6.07) is 5.79. The number of benzene rings is 1. The number of nitrogens with zero attached hydrogens (tertiary/aromatic N) is 1. The fraction of sp³-hybridized carbons (Fsp3) is 0.222. The summed E-state index contributed by atoms with van der Waals surface area (Å²) in [6.07, 6.45) is -0.779. The molecule has 86 valence electrons. The highest BCUT2D eigenvalue weighted by Crippen LogP contribution is 2.30. The Balaban J connectivity index is 3.25. The van der Waals surface area contributed by atoms with Crippen molar-refractivity contribution >= 4 is 31.3 Å². The van der Waals surface area contributed by atoms with Crippen LogP contribution in [0, 0.1) is 11.3 Å². The lowest BCUT2D eigenvalue weighted by Gasteiger charge is -2.10. The molecule has 0 aromatic heterocycles. The van der Waals surface area contributed by atoms with E-state index in [9.17, 15) is 8.42 Å². The molecule has 0 N–H and O–H groups in total. The van der Waals surface area contributed by atoms with Crippen LogP contribution in [0.2, 0.25) is 5.02 Å². The fourth-order valence-electron chi connectivity index (χ4n) is 0.987. The molecule has 0 amide bonds. The Morgan fingerprint density at radius 1 is 1.50 bits per heavy atom. The summed E-state index contributed by atoms with van der Waals surface area (Å²) in [5.74, 6) is 0.00782. The van der Waals surface area contributed by atoms with Gasteiger partial charge in [-0.15, -0.1) is 0 Å². The smallest absolute Gasteiger partial charge is 0.265 e. The molecule has 1 unspecified atom stereocenters. The molecule has 16 heavy (non-hydrogen) atoms. The van der Waals surface area contributed by atoms with E-state index in [4.69, 9.17) is 32.3 Å². The summed E-state index contributed by atoms with van der Waals surface area (Å²) in [5.41, 5.74) is 0. The SMILES string of the molecule is CC(C#N)Oc1ccc(Cl)cc1S(=O)(=O)Cl. The summed E-state index contributed by atoms with van der Waals surface area (Å²) in [5, 5.41) is 8.78. The Morgan fingerprint density at radius 2 is 2.12 bits per heavy atom. The second kappa shape index (κ2) is 4.91. The first-order valence-electron chi connectivity index (χ1n) is 4.15. The maximum Gasteiger partial charge on any atom is 0.265 e. The van der Waals surface area contributed by atoms with Gasteiger partial charge in [0.1, 0.15) is 16.7 Å². The molecule has 0 saturated carbocycles. The molecule has 4 nitrogen and oxygen atoms in total. The molecule has 1 aromatic rings. The second-order valence-electron chi connectivity index (χ2n) is 2.92. The van der Waals surface area contributed by atoms with Crippen molar-refractivity contribution in [1.29, 1.82) is 5.26 Å². The highest BCUT2D eigenvalue weighted by Gasteiger charge is 2.18. The molecule has 0 aliphatic carbocycles. The van der Waals surface area contributed by atoms with E-state index in [1.54, 1.807) is 0 Å². The van der Waals surface area contributed by atoms with Crippen LogP contribution < -0.4 is 4.74 Å². The van der Waals surface area contributed by atoms with Crippen molar-refractivity contribution in [1.82, 2.24) is 0 Å². The summed E-state index contributed by atoms with van der Waals surface area (Å²) < 4.78 is 27.5. The van der Waals surface area contributed by atoms with Crippen LogP contribution in [0.3, 0.4) is 0 Å². The van der Waals surface area contributed by atoms with Gasteiger partial charge in [-0.2, -0.15) is 5.26 Å². The van der Waals surface area contributed by atoms with E-state index in [1.165, 1.54) is 25.1 Å². The van der Waals surface area contributed by atoms with E-state index >= 15 is 0 Å². The standard InChI is InChI=1S/C9H7Cl2NO3S/c1-6(5-12)15-8-3-2-7(10)4-9(8)16(11,13)14/h2-4,6H,1H3. The Labute approximate surface area is 103 Å². The van der Waals surface area contributed by atoms with Crippen LogP contribution in [0.1, 0.15) is 6.92 Å². The lowest BCUT2D eigenvalue weighted by Crippen LogP contribution is -2.10. The normalized spacial score (nSPS) is 12.9. The minimum absolute atomic E-state index is 0.00782. The van der Waals surface area contributed by atoms with E-state index in [-0.39, 0.29) is 15.7 Å². The zero-order chi connectivity index (χ0) is 12.3. The van der Waals surface area contributed by atoms with Gasteiger partial charge in [-0.05, 0) is 25.1 Å².